The van der Waals surface area contributed by atoms with Gasteiger partial charge in [0, 0.05) is 19.7 Å². The summed E-state index contributed by atoms with van der Waals surface area (Å²) in [5, 5.41) is 2.99. The molecular weight excluding hydrogens is 292 g/mol. The van der Waals surface area contributed by atoms with Crippen LogP contribution in [0.1, 0.15) is 33.1 Å². The summed E-state index contributed by atoms with van der Waals surface area (Å²) in [4.78, 5) is 8.01. The van der Waals surface area contributed by atoms with Crippen LogP contribution < -0.4 is 10.0 Å². The maximum absolute atomic E-state index is 12.0. The first kappa shape index (κ1) is 17.8. The van der Waals surface area contributed by atoms with Crippen LogP contribution in [0.4, 0.5) is 5.95 Å². The molecule has 120 valence electrons. The molecule has 0 atom stereocenters. The first-order chi connectivity index (χ1) is 10.1. The third-order valence-corrected chi connectivity index (χ3v) is 4.07. The molecule has 21 heavy (non-hydrogen) atoms. The zero-order valence-corrected chi connectivity index (χ0v) is 13.4. The third-order valence-electron chi connectivity index (χ3n) is 2.65. The predicted octanol–water partition coefficient (Wildman–Crippen LogP) is 1.39. The minimum absolute atomic E-state index is 0.0538. The fourth-order valence-electron chi connectivity index (χ4n) is 1.46. The second kappa shape index (κ2) is 9.64. The topological polar surface area (TPSA) is 93.2 Å². The Labute approximate surface area is 126 Å². The molecule has 0 radical (unpaired) electrons. The van der Waals surface area contributed by atoms with Gasteiger partial charge in [0.1, 0.15) is 4.90 Å². The molecule has 8 heteroatoms. The summed E-state index contributed by atoms with van der Waals surface area (Å²) in [6, 6.07) is 0. The highest BCUT2D eigenvalue weighted by molar-refractivity contribution is 7.89. The summed E-state index contributed by atoms with van der Waals surface area (Å²) in [7, 11) is -3.57. The van der Waals surface area contributed by atoms with Crippen LogP contribution in [0.25, 0.3) is 0 Å². The van der Waals surface area contributed by atoms with Crippen LogP contribution in [0, 0.1) is 0 Å². The molecule has 0 aliphatic carbocycles. The minimum atomic E-state index is -3.57. The van der Waals surface area contributed by atoms with Crippen molar-refractivity contribution in [3.63, 3.8) is 0 Å². The average molecular weight is 316 g/mol. The number of ether oxygens (including phenoxy) is 1. The molecule has 0 unspecified atom stereocenters. The largest absolute Gasteiger partial charge is 0.380 e. The molecule has 0 saturated carbocycles. The van der Waals surface area contributed by atoms with E-state index in [-0.39, 0.29) is 11.4 Å². The first-order valence-electron chi connectivity index (χ1n) is 7.23. The number of anilines is 1. The van der Waals surface area contributed by atoms with E-state index in [4.69, 9.17) is 4.74 Å². The van der Waals surface area contributed by atoms with Crippen LogP contribution >= 0.6 is 0 Å². The fraction of sp³-hybridized carbons (Fsp3) is 0.692. The van der Waals surface area contributed by atoms with E-state index >= 15 is 0 Å². The van der Waals surface area contributed by atoms with Crippen LogP contribution in [-0.4, -0.2) is 44.7 Å². The van der Waals surface area contributed by atoms with Gasteiger partial charge in [0.25, 0.3) is 0 Å². The smallest absolute Gasteiger partial charge is 0.243 e. The number of hydrogen-bond donors (Lipinski definition) is 2. The van der Waals surface area contributed by atoms with Gasteiger partial charge in [-0.1, -0.05) is 20.3 Å². The monoisotopic (exact) mass is 316 g/mol. The minimum Gasteiger partial charge on any atom is -0.380 e. The number of nitrogens with zero attached hydrogens (tertiary/aromatic N) is 2. The number of rotatable bonds is 11. The van der Waals surface area contributed by atoms with Gasteiger partial charge in [0.05, 0.1) is 19.0 Å². The van der Waals surface area contributed by atoms with Crippen LogP contribution in [0.15, 0.2) is 17.3 Å². The van der Waals surface area contributed by atoms with E-state index in [1.54, 1.807) is 0 Å². The summed E-state index contributed by atoms with van der Waals surface area (Å²) in [6.45, 7) is 6.10. The summed E-state index contributed by atoms with van der Waals surface area (Å²) >= 11 is 0. The van der Waals surface area contributed by atoms with Crippen molar-refractivity contribution in [2.75, 3.05) is 31.6 Å². The molecule has 0 amide bonds. The van der Waals surface area contributed by atoms with Gasteiger partial charge in [-0.3, -0.25) is 0 Å². The van der Waals surface area contributed by atoms with E-state index in [1.165, 1.54) is 12.4 Å². The number of hydrogen-bond acceptors (Lipinski definition) is 6. The number of unbranched alkanes of at least 4 members (excludes halogenated alkanes) is 1. The van der Waals surface area contributed by atoms with Crippen molar-refractivity contribution in [3.05, 3.63) is 12.4 Å². The molecule has 0 fully saturated rings. The normalized spacial score (nSPS) is 11.5. The molecule has 2 N–H and O–H groups in total. The van der Waals surface area contributed by atoms with Gasteiger partial charge in [0.15, 0.2) is 0 Å². The highest BCUT2D eigenvalue weighted by Crippen LogP contribution is 2.07. The van der Waals surface area contributed by atoms with Crippen molar-refractivity contribution in [2.45, 2.75) is 38.0 Å². The van der Waals surface area contributed by atoms with Crippen molar-refractivity contribution >= 4 is 16.0 Å². The van der Waals surface area contributed by atoms with Crippen molar-refractivity contribution < 1.29 is 13.2 Å². The lowest BCUT2D eigenvalue weighted by Gasteiger charge is -2.08. The third kappa shape index (κ3) is 6.83. The zero-order valence-electron chi connectivity index (χ0n) is 12.6. The number of aromatic nitrogens is 2. The van der Waals surface area contributed by atoms with Gasteiger partial charge >= 0.3 is 0 Å². The maximum atomic E-state index is 12.0. The van der Waals surface area contributed by atoms with E-state index in [2.05, 4.69) is 26.9 Å². The Hall–Kier alpha value is -1.25. The lowest BCUT2D eigenvalue weighted by molar-refractivity contribution is 0.136. The molecule has 0 spiro atoms. The van der Waals surface area contributed by atoms with Crippen molar-refractivity contribution in [3.8, 4) is 0 Å². The number of sulfonamides is 1. The van der Waals surface area contributed by atoms with Gasteiger partial charge in [-0.15, -0.1) is 0 Å². The maximum Gasteiger partial charge on any atom is 0.243 e. The van der Waals surface area contributed by atoms with Crippen molar-refractivity contribution in [1.29, 1.82) is 0 Å². The van der Waals surface area contributed by atoms with Gasteiger partial charge in [-0.25, -0.2) is 23.1 Å². The van der Waals surface area contributed by atoms with E-state index in [1.807, 2.05) is 6.92 Å². The van der Waals surface area contributed by atoms with Crippen molar-refractivity contribution in [1.82, 2.24) is 14.7 Å². The van der Waals surface area contributed by atoms with Crippen molar-refractivity contribution in [2.24, 2.45) is 0 Å². The Bertz CT molecular complexity index is 491. The zero-order chi connectivity index (χ0) is 15.6. The summed E-state index contributed by atoms with van der Waals surface area (Å²) in [5.41, 5.74) is 0. The first-order valence-corrected chi connectivity index (χ1v) is 8.71. The highest BCUT2D eigenvalue weighted by Gasteiger charge is 2.14. The summed E-state index contributed by atoms with van der Waals surface area (Å²) in [5.74, 6) is 0.429. The van der Waals surface area contributed by atoms with E-state index < -0.39 is 10.0 Å². The van der Waals surface area contributed by atoms with E-state index in [0.29, 0.717) is 19.2 Å². The summed E-state index contributed by atoms with van der Waals surface area (Å²) in [6.07, 6.45) is 5.58. The molecule has 1 aromatic heterocycles. The van der Waals surface area contributed by atoms with Gasteiger partial charge in [0.2, 0.25) is 16.0 Å². The molecule has 1 heterocycles. The van der Waals surface area contributed by atoms with Gasteiger partial charge in [-0.05, 0) is 12.8 Å². The Kier molecular flexibility index (Phi) is 8.17. The molecule has 0 saturated heterocycles. The van der Waals surface area contributed by atoms with Crippen LogP contribution in [0.2, 0.25) is 0 Å². The molecule has 1 aromatic rings. The van der Waals surface area contributed by atoms with Gasteiger partial charge < -0.3 is 10.1 Å². The Balaban J connectivity index is 2.42. The lowest BCUT2D eigenvalue weighted by atomic mass is 10.4. The Morgan fingerprint density at radius 3 is 2.43 bits per heavy atom. The van der Waals surface area contributed by atoms with Crippen LogP contribution in [0.5, 0.6) is 0 Å². The predicted molar refractivity (Wildman–Crippen MR) is 81.7 cm³/mol. The van der Waals surface area contributed by atoms with E-state index in [9.17, 15) is 8.42 Å². The summed E-state index contributed by atoms with van der Waals surface area (Å²) < 4.78 is 31.7. The molecule has 7 nitrogen and oxygen atoms in total. The Morgan fingerprint density at radius 1 is 1.10 bits per heavy atom. The average Bonchev–Trinajstić information content (AvgIpc) is 2.49. The van der Waals surface area contributed by atoms with E-state index in [0.717, 1.165) is 25.8 Å². The molecule has 0 aromatic carbocycles. The molecule has 0 aliphatic heterocycles. The van der Waals surface area contributed by atoms with Crippen LogP contribution in [0.3, 0.4) is 0 Å². The van der Waals surface area contributed by atoms with Gasteiger partial charge in [-0.2, -0.15) is 0 Å². The Morgan fingerprint density at radius 2 is 1.81 bits per heavy atom. The van der Waals surface area contributed by atoms with Crippen LogP contribution in [-0.2, 0) is 14.8 Å². The molecule has 1 rings (SSSR count). The fourth-order valence-corrected chi connectivity index (χ4v) is 2.36. The molecule has 0 aliphatic rings. The highest BCUT2D eigenvalue weighted by atomic mass is 32.2. The molecule has 0 bridgehead atoms. The standard InChI is InChI=1S/C13H24N4O3S/c1-3-5-8-20-9-7-17-21(18,19)12-10-15-13(16-11-12)14-6-4-2/h10-11,17H,3-9H2,1-2H3,(H,14,15,16). The number of nitrogens with one attached hydrogen (secondary N) is 2. The lowest BCUT2D eigenvalue weighted by Crippen LogP contribution is -2.28. The second-order valence-corrected chi connectivity index (χ2v) is 6.30. The second-order valence-electron chi connectivity index (χ2n) is 4.53. The SMILES string of the molecule is CCCCOCCNS(=O)(=O)c1cnc(NCCC)nc1. The molecular formula is C13H24N4O3S. The quantitative estimate of drug-likeness (QED) is 0.599.